The summed E-state index contributed by atoms with van der Waals surface area (Å²) < 4.78 is 45.0. The number of alkyl halides is 3. The third kappa shape index (κ3) is 3.83. The summed E-state index contributed by atoms with van der Waals surface area (Å²) >= 11 is 0. The van der Waals surface area contributed by atoms with Crippen molar-refractivity contribution in [1.82, 2.24) is 10.3 Å². The van der Waals surface area contributed by atoms with Gasteiger partial charge in [-0.2, -0.15) is 13.2 Å². The van der Waals surface area contributed by atoms with Crippen LogP contribution in [0.3, 0.4) is 0 Å². The van der Waals surface area contributed by atoms with E-state index in [-0.39, 0.29) is 12.6 Å². The van der Waals surface area contributed by atoms with Gasteiger partial charge in [-0.05, 0) is 49.9 Å². The molecule has 9 heteroatoms. The number of nitrogens with one attached hydrogen (secondary N) is 1. The van der Waals surface area contributed by atoms with Crippen LogP contribution < -0.4 is 15.0 Å². The predicted molar refractivity (Wildman–Crippen MR) is 114 cm³/mol. The number of urea groups is 1. The van der Waals surface area contributed by atoms with Crippen molar-refractivity contribution in [3.05, 3.63) is 53.7 Å². The number of carbonyl (C=O) groups excluding carboxylic acids is 1. The Bertz CT molecular complexity index is 1120. The molecule has 0 spiro atoms. The first kappa shape index (κ1) is 20.5. The number of ether oxygens (including phenoxy) is 1. The molecule has 3 aliphatic rings. The van der Waals surface area contributed by atoms with E-state index >= 15 is 0 Å². The Kier molecular flexibility index (Phi) is 4.91. The SMILES string of the molecule is O=C(NC1(C2=CCCC=N2)CC1)N1CCOc2ccc(-c3cccc(C(F)(F)F)c3)nc21. The molecule has 1 aliphatic carbocycles. The van der Waals surface area contributed by atoms with Crippen LogP contribution in [0.15, 0.2) is 53.2 Å². The van der Waals surface area contributed by atoms with Gasteiger partial charge in [-0.3, -0.25) is 9.89 Å². The third-order valence-corrected chi connectivity index (χ3v) is 5.85. The number of rotatable bonds is 3. The lowest BCUT2D eigenvalue weighted by Gasteiger charge is -2.31. The minimum absolute atomic E-state index is 0.288. The molecule has 1 fully saturated rings. The Hall–Kier alpha value is -3.36. The number of fused-ring (bicyclic) bond motifs is 1. The summed E-state index contributed by atoms with van der Waals surface area (Å²) in [5, 5.41) is 3.10. The maximum absolute atomic E-state index is 13.2. The molecule has 2 amide bonds. The predicted octanol–water partition coefficient (Wildman–Crippen LogP) is 4.96. The van der Waals surface area contributed by atoms with Gasteiger partial charge < -0.3 is 10.1 Å². The first-order valence-electron chi connectivity index (χ1n) is 10.5. The van der Waals surface area contributed by atoms with Crippen LogP contribution in [-0.2, 0) is 6.18 Å². The molecule has 1 N–H and O–H groups in total. The third-order valence-electron chi connectivity index (χ3n) is 5.85. The van der Waals surface area contributed by atoms with Crippen molar-refractivity contribution in [2.24, 2.45) is 4.99 Å². The highest BCUT2D eigenvalue weighted by molar-refractivity contribution is 5.94. The first-order valence-corrected chi connectivity index (χ1v) is 10.5. The lowest BCUT2D eigenvalue weighted by Crippen LogP contribution is -2.50. The van der Waals surface area contributed by atoms with Crippen molar-refractivity contribution < 1.29 is 22.7 Å². The summed E-state index contributed by atoms with van der Waals surface area (Å²) in [7, 11) is 0. The maximum atomic E-state index is 13.2. The summed E-state index contributed by atoms with van der Waals surface area (Å²) in [6, 6.07) is 7.89. The largest absolute Gasteiger partial charge is 0.488 e. The number of pyridine rings is 1. The van der Waals surface area contributed by atoms with Crippen molar-refractivity contribution in [2.75, 3.05) is 18.1 Å². The quantitative estimate of drug-likeness (QED) is 0.731. The van der Waals surface area contributed by atoms with E-state index in [0.29, 0.717) is 29.4 Å². The average Bonchev–Trinajstić information content (AvgIpc) is 3.59. The second-order valence-electron chi connectivity index (χ2n) is 8.09. The molecule has 2 aliphatic heterocycles. The average molecular weight is 442 g/mol. The Morgan fingerprint density at radius 2 is 2.00 bits per heavy atom. The molecule has 0 saturated heterocycles. The zero-order chi connectivity index (χ0) is 22.3. The molecular formula is C23H21F3N4O2. The molecule has 5 rings (SSSR count). The van der Waals surface area contributed by atoms with Crippen molar-refractivity contribution in [3.8, 4) is 17.0 Å². The zero-order valence-corrected chi connectivity index (χ0v) is 17.2. The number of nitrogens with zero attached hydrogens (tertiary/aromatic N) is 3. The van der Waals surface area contributed by atoms with Crippen LogP contribution in [0.1, 0.15) is 31.2 Å². The molecule has 1 saturated carbocycles. The molecular weight excluding hydrogens is 421 g/mol. The van der Waals surface area contributed by atoms with Gasteiger partial charge >= 0.3 is 12.2 Å². The number of aromatic nitrogens is 1. The van der Waals surface area contributed by atoms with E-state index in [1.807, 2.05) is 6.21 Å². The number of hydrogen-bond acceptors (Lipinski definition) is 4. The number of amides is 2. The van der Waals surface area contributed by atoms with Crippen molar-refractivity contribution in [1.29, 1.82) is 0 Å². The van der Waals surface area contributed by atoms with Crippen LogP contribution in [0.5, 0.6) is 5.75 Å². The molecule has 0 radical (unpaired) electrons. The Balaban J connectivity index is 1.43. The topological polar surface area (TPSA) is 66.8 Å². The van der Waals surface area contributed by atoms with Gasteiger partial charge in [0.25, 0.3) is 0 Å². The number of benzene rings is 1. The van der Waals surface area contributed by atoms with Gasteiger partial charge in [0.15, 0.2) is 11.6 Å². The van der Waals surface area contributed by atoms with Crippen LogP contribution in [0.25, 0.3) is 11.3 Å². The van der Waals surface area contributed by atoms with Crippen molar-refractivity contribution in [2.45, 2.75) is 37.4 Å². The van der Waals surface area contributed by atoms with Crippen LogP contribution in [0, 0.1) is 0 Å². The number of hydrogen-bond donors (Lipinski definition) is 1. The number of carbonyl (C=O) groups is 1. The van der Waals surface area contributed by atoms with E-state index in [0.717, 1.165) is 43.5 Å². The molecule has 166 valence electrons. The lowest BCUT2D eigenvalue weighted by atomic mass is 10.1. The monoisotopic (exact) mass is 442 g/mol. The van der Waals surface area contributed by atoms with E-state index in [4.69, 9.17) is 4.74 Å². The number of anilines is 1. The van der Waals surface area contributed by atoms with Gasteiger partial charge in [-0.15, -0.1) is 0 Å². The summed E-state index contributed by atoms with van der Waals surface area (Å²) in [5.74, 6) is 0.711. The molecule has 0 unspecified atom stereocenters. The molecule has 1 aromatic carbocycles. The van der Waals surface area contributed by atoms with E-state index in [1.165, 1.54) is 11.0 Å². The fourth-order valence-corrected chi connectivity index (χ4v) is 3.98. The van der Waals surface area contributed by atoms with Crippen molar-refractivity contribution >= 4 is 18.1 Å². The number of halogens is 3. The summed E-state index contributed by atoms with van der Waals surface area (Å²) in [4.78, 5) is 23.6. The zero-order valence-electron chi connectivity index (χ0n) is 17.2. The smallest absolute Gasteiger partial charge is 0.416 e. The Labute approximate surface area is 182 Å². The normalized spacial score (nSPS) is 19.0. The van der Waals surface area contributed by atoms with Gasteiger partial charge in [0.2, 0.25) is 0 Å². The summed E-state index contributed by atoms with van der Waals surface area (Å²) in [5.41, 5.74) is 0.326. The van der Waals surface area contributed by atoms with Gasteiger partial charge in [-0.25, -0.2) is 9.78 Å². The minimum Gasteiger partial charge on any atom is -0.488 e. The highest BCUT2D eigenvalue weighted by atomic mass is 19.4. The molecule has 0 bridgehead atoms. The second-order valence-corrected chi connectivity index (χ2v) is 8.09. The van der Waals surface area contributed by atoms with Crippen molar-refractivity contribution in [3.63, 3.8) is 0 Å². The number of aliphatic imine (C=N–C) groups is 1. The molecule has 2 aromatic rings. The van der Waals surface area contributed by atoms with Gasteiger partial charge in [0.1, 0.15) is 6.61 Å². The molecule has 3 heterocycles. The molecule has 0 atom stereocenters. The highest BCUT2D eigenvalue weighted by Gasteiger charge is 2.49. The Morgan fingerprint density at radius 1 is 1.16 bits per heavy atom. The fraction of sp³-hybridized carbons (Fsp3) is 0.348. The lowest BCUT2D eigenvalue weighted by molar-refractivity contribution is -0.137. The fourth-order valence-electron chi connectivity index (χ4n) is 3.98. The van der Waals surface area contributed by atoms with E-state index in [1.54, 1.807) is 18.2 Å². The van der Waals surface area contributed by atoms with Crippen LogP contribution in [-0.4, -0.2) is 35.9 Å². The Morgan fingerprint density at radius 3 is 2.72 bits per heavy atom. The minimum atomic E-state index is -4.45. The van der Waals surface area contributed by atoms with Gasteiger partial charge in [0.05, 0.1) is 29.0 Å². The standard InChI is InChI=1S/C23H21F3N4O2/c24-23(25,26)16-5-3-4-15(14-16)17-7-8-18-20(28-17)30(12-13-32-18)21(31)29-22(9-10-22)19-6-1-2-11-27-19/h3-8,11,14H,1-2,9-10,12-13H2,(H,29,31). The highest BCUT2D eigenvalue weighted by Crippen LogP contribution is 2.44. The number of allylic oxidation sites excluding steroid dienone is 1. The van der Waals surface area contributed by atoms with E-state index in [2.05, 4.69) is 21.4 Å². The van der Waals surface area contributed by atoms with Crippen LogP contribution in [0.4, 0.5) is 23.8 Å². The summed E-state index contributed by atoms with van der Waals surface area (Å²) in [6.45, 7) is 0.592. The molecule has 32 heavy (non-hydrogen) atoms. The van der Waals surface area contributed by atoms with Gasteiger partial charge in [0, 0.05) is 11.8 Å². The van der Waals surface area contributed by atoms with Crippen LogP contribution in [0.2, 0.25) is 0 Å². The maximum Gasteiger partial charge on any atom is 0.416 e. The summed E-state index contributed by atoms with van der Waals surface area (Å²) in [6.07, 6.45) is 2.91. The van der Waals surface area contributed by atoms with Crippen LogP contribution >= 0.6 is 0 Å². The van der Waals surface area contributed by atoms with E-state index in [9.17, 15) is 18.0 Å². The second kappa shape index (κ2) is 7.65. The first-order chi connectivity index (χ1) is 15.4. The molecule has 6 nitrogen and oxygen atoms in total. The van der Waals surface area contributed by atoms with E-state index < -0.39 is 17.3 Å². The van der Waals surface area contributed by atoms with Gasteiger partial charge in [-0.1, -0.05) is 18.2 Å². The molecule has 1 aromatic heterocycles.